The average Bonchev–Trinajstić information content (AvgIpc) is 2.68. The Hall–Kier alpha value is -0.850. The number of nitrogens with zero attached hydrogens (tertiary/aromatic N) is 1. The molecule has 2 atom stereocenters. The fourth-order valence-corrected chi connectivity index (χ4v) is 1.89. The molecule has 0 aromatic heterocycles. The van der Waals surface area contributed by atoms with Crippen LogP contribution in [-0.2, 0) is 9.47 Å². The van der Waals surface area contributed by atoms with Crippen LogP contribution in [0, 0.1) is 0 Å². The maximum absolute atomic E-state index is 5.57. The molecule has 0 bridgehead atoms. The third-order valence-corrected chi connectivity index (χ3v) is 3.35. The van der Waals surface area contributed by atoms with Crippen LogP contribution in [0.2, 0.25) is 0 Å². The molecule has 1 rings (SSSR count). The maximum atomic E-state index is 5.57. The van der Waals surface area contributed by atoms with Crippen LogP contribution in [0.5, 0.6) is 0 Å². The molecule has 0 spiro atoms. The van der Waals surface area contributed by atoms with Gasteiger partial charge in [-0.25, -0.2) is 5.84 Å². The monoisotopic (exact) mass is 258 g/mol. The second-order valence-electron chi connectivity index (χ2n) is 4.73. The number of ether oxygens (including phenoxy) is 2. The summed E-state index contributed by atoms with van der Waals surface area (Å²) in [7, 11) is 0. The lowest BCUT2D eigenvalue weighted by atomic mass is 9.95. The molecule has 1 saturated heterocycles. The van der Waals surface area contributed by atoms with Crippen LogP contribution in [0.1, 0.15) is 33.6 Å². The molecule has 2 unspecified atom stereocenters. The lowest BCUT2D eigenvalue weighted by Crippen LogP contribution is -2.56. The minimum atomic E-state index is -0.106. The van der Waals surface area contributed by atoms with E-state index in [0.29, 0.717) is 12.5 Å². The van der Waals surface area contributed by atoms with Gasteiger partial charge in [0.05, 0.1) is 11.6 Å². The van der Waals surface area contributed by atoms with Crippen molar-refractivity contribution in [2.75, 3.05) is 26.4 Å². The molecule has 0 amide bonds. The standard InChI is InChI=1S/C12H26N4O2/c1-4-17-8-5-7-14-11(16-13)15-12(3)6-9-18-10(12)2/h10H,4-9,13H2,1-3H3,(H2,14,15,16). The van der Waals surface area contributed by atoms with Crippen molar-refractivity contribution < 1.29 is 9.47 Å². The number of hydrogen-bond acceptors (Lipinski definition) is 4. The molecule has 1 aliphatic rings. The van der Waals surface area contributed by atoms with Crippen molar-refractivity contribution in [3.05, 3.63) is 0 Å². The first-order valence-corrected chi connectivity index (χ1v) is 6.61. The average molecular weight is 258 g/mol. The summed E-state index contributed by atoms with van der Waals surface area (Å²) in [5.74, 6) is 6.10. The number of nitrogens with two attached hydrogens (primary N) is 1. The maximum Gasteiger partial charge on any atom is 0.206 e. The number of guanidine groups is 1. The Morgan fingerprint density at radius 3 is 2.94 bits per heavy atom. The van der Waals surface area contributed by atoms with Gasteiger partial charge in [0, 0.05) is 26.4 Å². The summed E-state index contributed by atoms with van der Waals surface area (Å²) in [5.41, 5.74) is 2.50. The lowest BCUT2D eigenvalue weighted by molar-refractivity contribution is 0.0944. The first kappa shape index (κ1) is 15.2. The van der Waals surface area contributed by atoms with Crippen molar-refractivity contribution >= 4 is 5.96 Å². The van der Waals surface area contributed by atoms with Crippen LogP contribution >= 0.6 is 0 Å². The zero-order chi connectivity index (χ0) is 13.4. The molecule has 18 heavy (non-hydrogen) atoms. The van der Waals surface area contributed by atoms with Gasteiger partial charge in [0.2, 0.25) is 5.96 Å². The zero-order valence-corrected chi connectivity index (χ0v) is 11.7. The number of rotatable bonds is 6. The van der Waals surface area contributed by atoms with Crippen LogP contribution in [-0.4, -0.2) is 44.0 Å². The Morgan fingerprint density at radius 1 is 1.61 bits per heavy atom. The van der Waals surface area contributed by atoms with Crippen LogP contribution in [0.25, 0.3) is 0 Å². The highest BCUT2D eigenvalue weighted by Crippen LogP contribution is 2.24. The first-order chi connectivity index (χ1) is 8.62. The summed E-state index contributed by atoms with van der Waals surface area (Å²) < 4.78 is 10.8. The van der Waals surface area contributed by atoms with Crippen molar-refractivity contribution in [1.29, 1.82) is 0 Å². The number of hydrogen-bond donors (Lipinski definition) is 3. The highest BCUT2D eigenvalue weighted by molar-refractivity contribution is 5.80. The van der Waals surface area contributed by atoms with Gasteiger partial charge in [-0.2, -0.15) is 0 Å². The van der Waals surface area contributed by atoms with Gasteiger partial charge in [-0.1, -0.05) is 0 Å². The molecule has 0 radical (unpaired) electrons. The molecule has 6 heteroatoms. The van der Waals surface area contributed by atoms with E-state index >= 15 is 0 Å². The fourth-order valence-electron chi connectivity index (χ4n) is 1.89. The summed E-state index contributed by atoms with van der Waals surface area (Å²) in [6.45, 7) is 9.11. The largest absolute Gasteiger partial charge is 0.382 e. The van der Waals surface area contributed by atoms with Crippen molar-refractivity contribution in [3.8, 4) is 0 Å². The van der Waals surface area contributed by atoms with Gasteiger partial charge in [0.1, 0.15) is 0 Å². The quantitative estimate of drug-likeness (QED) is 0.211. The molecule has 1 fully saturated rings. The Kier molecular flexibility index (Phi) is 6.38. The van der Waals surface area contributed by atoms with E-state index in [1.54, 1.807) is 0 Å². The molecule has 1 aliphatic heterocycles. The molecule has 0 aliphatic carbocycles. The predicted molar refractivity (Wildman–Crippen MR) is 72.3 cm³/mol. The van der Waals surface area contributed by atoms with E-state index in [9.17, 15) is 0 Å². The van der Waals surface area contributed by atoms with E-state index < -0.39 is 0 Å². The fraction of sp³-hybridized carbons (Fsp3) is 0.917. The highest BCUT2D eigenvalue weighted by atomic mass is 16.5. The topological polar surface area (TPSA) is 80.9 Å². The second-order valence-corrected chi connectivity index (χ2v) is 4.73. The van der Waals surface area contributed by atoms with E-state index in [1.807, 2.05) is 6.92 Å². The van der Waals surface area contributed by atoms with Crippen LogP contribution in [0.15, 0.2) is 4.99 Å². The number of nitrogens with one attached hydrogen (secondary N) is 2. The van der Waals surface area contributed by atoms with Crippen LogP contribution < -0.4 is 16.6 Å². The normalized spacial score (nSPS) is 28.4. The van der Waals surface area contributed by atoms with Crippen molar-refractivity contribution in [2.45, 2.75) is 45.3 Å². The second kappa shape index (κ2) is 7.56. The molecule has 4 N–H and O–H groups in total. The third-order valence-electron chi connectivity index (χ3n) is 3.35. The van der Waals surface area contributed by atoms with E-state index in [1.165, 1.54) is 0 Å². The van der Waals surface area contributed by atoms with Gasteiger partial charge in [0.25, 0.3) is 0 Å². The molecule has 106 valence electrons. The lowest BCUT2D eigenvalue weighted by Gasteiger charge is -2.30. The van der Waals surface area contributed by atoms with Crippen LogP contribution in [0.4, 0.5) is 0 Å². The third kappa shape index (κ3) is 4.44. The summed E-state index contributed by atoms with van der Waals surface area (Å²) >= 11 is 0. The van der Waals surface area contributed by atoms with Gasteiger partial charge < -0.3 is 14.8 Å². The highest BCUT2D eigenvalue weighted by Gasteiger charge is 2.37. The summed E-state index contributed by atoms with van der Waals surface area (Å²) in [6.07, 6.45) is 2.00. The molecule has 6 nitrogen and oxygen atoms in total. The van der Waals surface area contributed by atoms with E-state index in [4.69, 9.17) is 15.3 Å². The number of aliphatic imine (C=N–C) groups is 1. The Bertz CT molecular complexity index is 273. The first-order valence-electron chi connectivity index (χ1n) is 6.61. The predicted octanol–water partition coefficient (Wildman–Crippen LogP) is 0.389. The molecular formula is C12H26N4O2. The van der Waals surface area contributed by atoms with Crippen molar-refractivity contribution in [2.24, 2.45) is 10.8 Å². The van der Waals surface area contributed by atoms with Crippen molar-refractivity contribution in [3.63, 3.8) is 0 Å². The van der Waals surface area contributed by atoms with Gasteiger partial charge in [-0.15, -0.1) is 0 Å². The summed E-state index contributed by atoms with van der Waals surface area (Å²) in [4.78, 5) is 4.39. The Balaban J connectivity index is 2.38. The van der Waals surface area contributed by atoms with E-state index in [-0.39, 0.29) is 11.6 Å². The molecule has 0 saturated carbocycles. The molecule has 0 aromatic carbocycles. The number of hydrazine groups is 1. The summed E-state index contributed by atoms with van der Waals surface area (Å²) in [5, 5.41) is 3.33. The van der Waals surface area contributed by atoms with Crippen LogP contribution in [0.3, 0.4) is 0 Å². The SMILES string of the molecule is CCOCCCN=C(NN)NC1(C)CCOC1C. The smallest absolute Gasteiger partial charge is 0.206 e. The Morgan fingerprint density at radius 2 is 2.39 bits per heavy atom. The Labute approximate surface area is 109 Å². The van der Waals surface area contributed by atoms with Gasteiger partial charge in [-0.05, 0) is 33.6 Å². The molecular weight excluding hydrogens is 232 g/mol. The minimum absolute atomic E-state index is 0.106. The van der Waals surface area contributed by atoms with Gasteiger partial charge >= 0.3 is 0 Å². The van der Waals surface area contributed by atoms with E-state index in [2.05, 4.69) is 29.6 Å². The van der Waals surface area contributed by atoms with Gasteiger partial charge in [-0.3, -0.25) is 10.4 Å². The molecule has 0 aromatic rings. The molecule has 1 heterocycles. The zero-order valence-electron chi connectivity index (χ0n) is 11.7. The van der Waals surface area contributed by atoms with Crippen molar-refractivity contribution in [1.82, 2.24) is 10.7 Å². The summed E-state index contributed by atoms with van der Waals surface area (Å²) in [6, 6.07) is 0. The van der Waals surface area contributed by atoms with E-state index in [0.717, 1.165) is 32.7 Å². The minimum Gasteiger partial charge on any atom is -0.382 e. The van der Waals surface area contributed by atoms with Gasteiger partial charge in [0.15, 0.2) is 0 Å².